The number of anilines is 1. The van der Waals surface area contributed by atoms with Gasteiger partial charge in [-0.2, -0.15) is 0 Å². The Kier molecular flexibility index (Phi) is 3.69. The van der Waals surface area contributed by atoms with Gasteiger partial charge >= 0.3 is 0 Å². The summed E-state index contributed by atoms with van der Waals surface area (Å²) >= 11 is 4.94. The lowest BCUT2D eigenvalue weighted by molar-refractivity contribution is 0.202. The second-order valence-corrected chi connectivity index (χ2v) is 6.25. The fourth-order valence-corrected chi connectivity index (χ4v) is 3.68. The number of fused-ring (bicyclic) bond motifs is 1. The molecule has 0 radical (unpaired) electrons. The van der Waals surface area contributed by atoms with Gasteiger partial charge in [-0.1, -0.05) is 31.5 Å². The van der Waals surface area contributed by atoms with E-state index >= 15 is 0 Å². The van der Waals surface area contributed by atoms with Gasteiger partial charge in [0.05, 0.1) is 17.6 Å². The molecule has 2 fully saturated rings. The molecule has 1 aliphatic heterocycles. The van der Waals surface area contributed by atoms with Gasteiger partial charge in [-0.15, -0.1) is 0 Å². The maximum atomic E-state index is 5.59. The van der Waals surface area contributed by atoms with Crippen molar-refractivity contribution < 1.29 is 0 Å². The number of hydrogen-bond acceptors (Lipinski definition) is 3. The Morgan fingerprint density at radius 3 is 2.68 bits per heavy atom. The Labute approximate surface area is 120 Å². The molecule has 1 saturated heterocycles. The molecular formula is C15H21N3S. The van der Waals surface area contributed by atoms with E-state index in [0.29, 0.717) is 10.7 Å². The van der Waals surface area contributed by atoms with Gasteiger partial charge < -0.3 is 10.6 Å². The van der Waals surface area contributed by atoms with E-state index in [1.165, 1.54) is 44.3 Å². The minimum absolute atomic E-state index is 0.373. The number of pyridine rings is 1. The van der Waals surface area contributed by atoms with Crippen LogP contribution in [0.25, 0.3) is 0 Å². The average molecular weight is 275 g/mol. The molecule has 2 unspecified atom stereocenters. The van der Waals surface area contributed by atoms with E-state index in [2.05, 4.69) is 16.0 Å². The van der Waals surface area contributed by atoms with Crippen molar-refractivity contribution in [2.75, 3.05) is 18.0 Å². The second kappa shape index (κ2) is 5.45. The predicted octanol–water partition coefficient (Wildman–Crippen LogP) is 2.73. The van der Waals surface area contributed by atoms with Crippen molar-refractivity contribution >= 4 is 22.9 Å². The van der Waals surface area contributed by atoms with Crippen LogP contribution < -0.4 is 10.6 Å². The van der Waals surface area contributed by atoms with Crippen molar-refractivity contribution in [3.05, 3.63) is 24.0 Å². The Morgan fingerprint density at radius 1 is 1.21 bits per heavy atom. The fraction of sp³-hybridized carbons (Fsp3) is 0.600. The molecule has 0 amide bonds. The van der Waals surface area contributed by atoms with Crippen LogP contribution in [0, 0.1) is 11.8 Å². The minimum atomic E-state index is 0.373. The molecule has 3 nitrogen and oxygen atoms in total. The number of thiocarbonyl (C=S) groups is 1. The van der Waals surface area contributed by atoms with Crippen LogP contribution in [0.3, 0.4) is 0 Å². The molecule has 102 valence electrons. The monoisotopic (exact) mass is 275 g/mol. The summed E-state index contributed by atoms with van der Waals surface area (Å²) in [6.45, 7) is 2.36. The number of nitrogens with two attached hydrogens (primary N) is 1. The summed E-state index contributed by atoms with van der Waals surface area (Å²) in [5, 5.41) is 0. The Bertz CT molecular complexity index is 457. The van der Waals surface area contributed by atoms with Crippen LogP contribution in [0.4, 0.5) is 5.69 Å². The number of aromatic nitrogens is 1. The largest absolute Gasteiger partial charge is 0.388 e. The lowest BCUT2D eigenvalue weighted by Crippen LogP contribution is -2.41. The maximum Gasteiger partial charge on any atom is 0.122 e. The molecule has 2 atom stereocenters. The first-order chi connectivity index (χ1) is 9.24. The number of piperidine rings is 1. The molecule has 0 bridgehead atoms. The van der Waals surface area contributed by atoms with Gasteiger partial charge in [0, 0.05) is 13.1 Å². The van der Waals surface area contributed by atoms with Gasteiger partial charge in [-0.05, 0) is 36.8 Å². The molecule has 1 aromatic heterocycles. The van der Waals surface area contributed by atoms with Crippen molar-refractivity contribution in [3.8, 4) is 0 Å². The molecule has 1 aromatic rings. The predicted molar refractivity (Wildman–Crippen MR) is 82.4 cm³/mol. The highest BCUT2D eigenvalue weighted by Gasteiger charge is 2.31. The lowest BCUT2D eigenvalue weighted by Gasteiger charge is -2.42. The summed E-state index contributed by atoms with van der Waals surface area (Å²) in [5.74, 6) is 1.85. The van der Waals surface area contributed by atoms with E-state index in [4.69, 9.17) is 18.0 Å². The number of hydrogen-bond donors (Lipinski definition) is 1. The summed E-state index contributed by atoms with van der Waals surface area (Å²) < 4.78 is 0. The van der Waals surface area contributed by atoms with Gasteiger partial charge in [0.15, 0.2) is 0 Å². The number of nitrogens with zero attached hydrogens (tertiary/aromatic N) is 2. The van der Waals surface area contributed by atoms with Gasteiger partial charge in [-0.3, -0.25) is 4.98 Å². The molecule has 2 N–H and O–H groups in total. The fourth-order valence-electron chi connectivity index (χ4n) is 3.55. The van der Waals surface area contributed by atoms with Crippen LogP contribution in [-0.2, 0) is 0 Å². The molecular weight excluding hydrogens is 254 g/mol. The third-order valence-corrected chi connectivity index (χ3v) is 4.87. The van der Waals surface area contributed by atoms with Crippen molar-refractivity contribution in [1.29, 1.82) is 0 Å². The second-order valence-electron chi connectivity index (χ2n) is 5.81. The Balaban J connectivity index is 1.70. The van der Waals surface area contributed by atoms with E-state index in [0.717, 1.165) is 18.4 Å². The Hall–Kier alpha value is -1.16. The van der Waals surface area contributed by atoms with Crippen molar-refractivity contribution in [3.63, 3.8) is 0 Å². The van der Waals surface area contributed by atoms with Crippen LogP contribution >= 0.6 is 12.2 Å². The summed E-state index contributed by atoms with van der Waals surface area (Å²) in [7, 11) is 0. The van der Waals surface area contributed by atoms with Crippen molar-refractivity contribution in [2.24, 2.45) is 17.6 Å². The molecule has 2 heterocycles. The molecule has 1 saturated carbocycles. The van der Waals surface area contributed by atoms with Crippen molar-refractivity contribution in [1.82, 2.24) is 4.98 Å². The topological polar surface area (TPSA) is 42.1 Å². The van der Waals surface area contributed by atoms with Crippen LogP contribution in [0.5, 0.6) is 0 Å². The van der Waals surface area contributed by atoms with Gasteiger partial charge in [0.2, 0.25) is 0 Å². The van der Waals surface area contributed by atoms with Gasteiger partial charge in [0.1, 0.15) is 4.99 Å². The zero-order valence-corrected chi connectivity index (χ0v) is 12.0. The lowest BCUT2D eigenvalue weighted by atomic mass is 9.75. The standard InChI is InChI=1S/C15H21N3S/c16-15(19)14-6-5-13(9-17-14)18-8-7-11-3-1-2-4-12(11)10-18/h5-6,9,11-12H,1-4,7-8,10H2,(H2,16,19). The summed E-state index contributed by atoms with van der Waals surface area (Å²) in [6.07, 6.45) is 8.94. The third-order valence-electron chi connectivity index (χ3n) is 4.66. The number of rotatable bonds is 2. The summed E-state index contributed by atoms with van der Waals surface area (Å²) in [6, 6.07) is 4.04. The minimum Gasteiger partial charge on any atom is -0.388 e. The molecule has 0 spiro atoms. The van der Waals surface area contributed by atoms with Gasteiger partial charge in [-0.25, -0.2) is 0 Å². The van der Waals surface area contributed by atoms with E-state index in [9.17, 15) is 0 Å². The smallest absolute Gasteiger partial charge is 0.122 e. The molecule has 2 aliphatic rings. The highest BCUT2D eigenvalue weighted by Crippen LogP contribution is 2.37. The highest BCUT2D eigenvalue weighted by molar-refractivity contribution is 7.80. The van der Waals surface area contributed by atoms with E-state index in [1.807, 2.05) is 12.3 Å². The summed E-state index contributed by atoms with van der Waals surface area (Å²) in [4.78, 5) is 7.20. The Morgan fingerprint density at radius 2 is 2.00 bits per heavy atom. The van der Waals surface area contributed by atoms with E-state index in [-0.39, 0.29) is 0 Å². The first-order valence-electron chi connectivity index (χ1n) is 7.25. The molecule has 0 aromatic carbocycles. The van der Waals surface area contributed by atoms with Crippen LogP contribution in [-0.4, -0.2) is 23.1 Å². The molecule has 19 heavy (non-hydrogen) atoms. The molecule has 1 aliphatic carbocycles. The van der Waals surface area contributed by atoms with Crippen LogP contribution in [0.2, 0.25) is 0 Å². The zero-order valence-electron chi connectivity index (χ0n) is 11.2. The third kappa shape index (κ3) is 2.73. The SMILES string of the molecule is NC(=S)c1ccc(N2CCC3CCCCC3C2)cn1. The molecule has 4 heteroatoms. The first kappa shape index (κ1) is 12.9. The van der Waals surface area contributed by atoms with E-state index in [1.54, 1.807) is 0 Å². The average Bonchev–Trinajstić information content (AvgIpc) is 2.47. The van der Waals surface area contributed by atoms with Crippen LogP contribution in [0.1, 0.15) is 37.8 Å². The maximum absolute atomic E-state index is 5.59. The molecule has 3 rings (SSSR count). The quantitative estimate of drug-likeness (QED) is 0.843. The highest BCUT2D eigenvalue weighted by atomic mass is 32.1. The normalized spacial score (nSPS) is 26.8. The summed E-state index contributed by atoms with van der Waals surface area (Å²) in [5.41, 5.74) is 7.51. The van der Waals surface area contributed by atoms with Gasteiger partial charge in [0.25, 0.3) is 0 Å². The van der Waals surface area contributed by atoms with Crippen molar-refractivity contribution in [2.45, 2.75) is 32.1 Å². The van der Waals surface area contributed by atoms with E-state index < -0.39 is 0 Å². The van der Waals surface area contributed by atoms with Crippen LogP contribution in [0.15, 0.2) is 18.3 Å². The zero-order chi connectivity index (χ0) is 13.2. The first-order valence-corrected chi connectivity index (χ1v) is 7.65.